The largest absolute Gasteiger partial charge is 0.244 e. The van der Waals surface area contributed by atoms with Gasteiger partial charge >= 0.3 is 0 Å². The Morgan fingerprint density at radius 1 is 1.17 bits per heavy atom. The van der Waals surface area contributed by atoms with Gasteiger partial charge in [-0.2, -0.15) is 5.26 Å². The Hall–Kier alpha value is -2.47. The van der Waals surface area contributed by atoms with Gasteiger partial charge in [0.1, 0.15) is 6.33 Å². The van der Waals surface area contributed by atoms with Crippen LogP contribution in [0.15, 0.2) is 42.9 Å². The molecule has 0 unspecified atom stereocenters. The zero-order valence-corrected chi connectivity index (χ0v) is 9.80. The molecule has 86 valence electrons. The Morgan fingerprint density at radius 2 is 2.00 bits per heavy atom. The molecule has 0 saturated heterocycles. The van der Waals surface area contributed by atoms with Gasteiger partial charge in [0.25, 0.3) is 0 Å². The number of nitrogens with zero attached hydrogens (tertiary/aromatic N) is 3. The van der Waals surface area contributed by atoms with Crippen LogP contribution in [0.4, 0.5) is 0 Å². The van der Waals surface area contributed by atoms with Crippen molar-refractivity contribution in [2.24, 2.45) is 0 Å². The van der Waals surface area contributed by atoms with Crippen LogP contribution < -0.4 is 0 Å². The standard InChI is InChI=1S/C15H11N3/c16-8-11-4-6-12(7-5-11)13-2-1-3-15-14(13)9-17-10-18-15/h2,4-7,9-10H,1,3H2. The lowest BCUT2D eigenvalue weighted by atomic mass is 9.90. The molecule has 0 fully saturated rings. The van der Waals surface area contributed by atoms with Crippen molar-refractivity contribution in [2.75, 3.05) is 0 Å². The Kier molecular flexibility index (Phi) is 2.62. The van der Waals surface area contributed by atoms with Gasteiger partial charge in [-0.3, -0.25) is 0 Å². The van der Waals surface area contributed by atoms with Crippen molar-refractivity contribution in [1.82, 2.24) is 9.97 Å². The fourth-order valence-corrected chi connectivity index (χ4v) is 2.24. The van der Waals surface area contributed by atoms with E-state index < -0.39 is 0 Å². The quantitative estimate of drug-likeness (QED) is 0.761. The minimum atomic E-state index is 0.680. The van der Waals surface area contributed by atoms with Crippen molar-refractivity contribution >= 4 is 5.57 Å². The number of aromatic nitrogens is 2. The second kappa shape index (κ2) is 4.42. The summed E-state index contributed by atoms with van der Waals surface area (Å²) in [5.74, 6) is 0. The van der Waals surface area contributed by atoms with Crippen LogP contribution in [0.3, 0.4) is 0 Å². The molecule has 3 heteroatoms. The lowest BCUT2D eigenvalue weighted by Crippen LogP contribution is -2.04. The molecular formula is C15H11N3. The summed E-state index contributed by atoms with van der Waals surface area (Å²) in [5.41, 5.74) is 5.17. The van der Waals surface area contributed by atoms with Gasteiger partial charge in [-0.25, -0.2) is 9.97 Å². The highest BCUT2D eigenvalue weighted by Crippen LogP contribution is 2.29. The number of allylic oxidation sites excluding steroid dienone is 1. The average Bonchev–Trinajstić information content (AvgIpc) is 2.47. The third-order valence-electron chi connectivity index (χ3n) is 3.14. The van der Waals surface area contributed by atoms with Crippen LogP contribution in [0.2, 0.25) is 0 Å². The molecule has 0 radical (unpaired) electrons. The number of rotatable bonds is 1. The minimum absolute atomic E-state index is 0.680. The SMILES string of the molecule is N#Cc1ccc(C2=CCCc3ncncc32)cc1. The maximum Gasteiger partial charge on any atom is 0.115 e. The summed E-state index contributed by atoms with van der Waals surface area (Å²) in [4.78, 5) is 8.43. The van der Waals surface area contributed by atoms with Crippen LogP contribution in [0.25, 0.3) is 5.57 Å². The lowest BCUT2D eigenvalue weighted by Gasteiger charge is -2.16. The molecule has 1 heterocycles. The molecule has 0 amide bonds. The average molecular weight is 233 g/mol. The summed E-state index contributed by atoms with van der Waals surface area (Å²) >= 11 is 0. The van der Waals surface area contributed by atoms with E-state index >= 15 is 0 Å². The molecule has 0 aliphatic heterocycles. The Balaban J connectivity index is 2.07. The molecule has 1 aliphatic carbocycles. The van der Waals surface area contributed by atoms with Gasteiger partial charge in [0.05, 0.1) is 17.3 Å². The van der Waals surface area contributed by atoms with E-state index in [1.54, 1.807) is 6.33 Å². The molecule has 0 atom stereocenters. The Bertz CT molecular complexity index is 648. The molecule has 0 bridgehead atoms. The fraction of sp³-hybridized carbons (Fsp3) is 0.133. The minimum Gasteiger partial charge on any atom is -0.244 e. The van der Waals surface area contributed by atoms with Crippen molar-refractivity contribution < 1.29 is 0 Å². The van der Waals surface area contributed by atoms with Crippen molar-refractivity contribution in [1.29, 1.82) is 5.26 Å². The van der Waals surface area contributed by atoms with Gasteiger partial charge in [-0.15, -0.1) is 0 Å². The molecule has 1 aromatic carbocycles. The third kappa shape index (κ3) is 1.78. The molecule has 2 aromatic rings. The molecular weight excluding hydrogens is 222 g/mol. The van der Waals surface area contributed by atoms with E-state index in [9.17, 15) is 0 Å². The van der Waals surface area contributed by atoms with Crippen LogP contribution >= 0.6 is 0 Å². The number of hydrogen-bond donors (Lipinski definition) is 0. The molecule has 18 heavy (non-hydrogen) atoms. The van der Waals surface area contributed by atoms with E-state index in [-0.39, 0.29) is 0 Å². The van der Waals surface area contributed by atoms with Gasteiger partial charge in [0, 0.05) is 11.8 Å². The maximum atomic E-state index is 8.81. The normalized spacial score (nSPS) is 13.4. The third-order valence-corrected chi connectivity index (χ3v) is 3.14. The summed E-state index contributed by atoms with van der Waals surface area (Å²) in [5, 5.41) is 8.81. The Morgan fingerprint density at radius 3 is 2.78 bits per heavy atom. The smallest absolute Gasteiger partial charge is 0.115 e. The molecule has 3 rings (SSSR count). The van der Waals surface area contributed by atoms with Crippen LogP contribution in [-0.4, -0.2) is 9.97 Å². The predicted octanol–water partition coefficient (Wildman–Crippen LogP) is 2.73. The summed E-state index contributed by atoms with van der Waals surface area (Å²) < 4.78 is 0. The highest BCUT2D eigenvalue weighted by atomic mass is 14.8. The predicted molar refractivity (Wildman–Crippen MR) is 68.6 cm³/mol. The molecule has 1 aliphatic rings. The molecule has 1 aromatic heterocycles. The fourth-order valence-electron chi connectivity index (χ4n) is 2.24. The van der Waals surface area contributed by atoms with E-state index in [1.165, 1.54) is 5.57 Å². The van der Waals surface area contributed by atoms with E-state index in [0.717, 1.165) is 29.7 Å². The highest BCUT2D eigenvalue weighted by molar-refractivity contribution is 5.81. The van der Waals surface area contributed by atoms with Crippen LogP contribution in [-0.2, 0) is 6.42 Å². The van der Waals surface area contributed by atoms with Crippen LogP contribution in [0, 0.1) is 11.3 Å². The molecule has 0 saturated carbocycles. The number of fused-ring (bicyclic) bond motifs is 1. The summed E-state index contributed by atoms with van der Waals surface area (Å²) in [6, 6.07) is 9.77. The van der Waals surface area contributed by atoms with E-state index in [2.05, 4.69) is 22.1 Å². The van der Waals surface area contributed by atoms with Gasteiger partial charge in [0.15, 0.2) is 0 Å². The van der Waals surface area contributed by atoms with Gasteiger partial charge < -0.3 is 0 Å². The first-order chi connectivity index (χ1) is 8.88. The number of benzene rings is 1. The van der Waals surface area contributed by atoms with Crippen LogP contribution in [0.1, 0.15) is 28.8 Å². The molecule has 0 spiro atoms. The topological polar surface area (TPSA) is 49.6 Å². The van der Waals surface area contributed by atoms with E-state index in [4.69, 9.17) is 5.26 Å². The van der Waals surface area contributed by atoms with Gasteiger partial charge in [-0.05, 0) is 36.1 Å². The second-order valence-electron chi connectivity index (χ2n) is 4.23. The van der Waals surface area contributed by atoms with E-state index in [1.807, 2.05) is 30.5 Å². The van der Waals surface area contributed by atoms with Crippen molar-refractivity contribution in [3.63, 3.8) is 0 Å². The van der Waals surface area contributed by atoms with E-state index in [0.29, 0.717) is 5.56 Å². The number of nitriles is 1. The lowest BCUT2D eigenvalue weighted by molar-refractivity contribution is 0.901. The first kappa shape index (κ1) is 10.7. The highest BCUT2D eigenvalue weighted by Gasteiger charge is 2.14. The monoisotopic (exact) mass is 233 g/mol. The van der Waals surface area contributed by atoms with Gasteiger partial charge in [-0.1, -0.05) is 18.2 Å². The summed E-state index contributed by atoms with van der Waals surface area (Å²) in [7, 11) is 0. The maximum absolute atomic E-state index is 8.81. The van der Waals surface area contributed by atoms with Crippen LogP contribution in [0.5, 0.6) is 0 Å². The molecule has 3 nitrogen and oxygen atoms in total. The number of aryl methyl sites for hydroxylation is 1. The summed E-state index contributed by atoms with van der Waals surface area (Å²) in [6.45, 7) is 0. The first-order valence-electron chi connectivity index (χ1n) is 5.88. The first-order valence-corrected chi connectivity index (χ1v) is 5.88. The van der Waals surface area contributed by atoms with Gasteiger partial charge in [0.2, 0.25) is 0 Å². The number of hydrogen-bond acceptors (Lipinski definition) is 3. The second-order valence-corrected chi connectivity index (χ2v) is 4.23. The zero-order valence-electron chi connectivity index (χ0n) is 9.80. The van der Waals surface area contributed by atoms with Crippen molar-refractivity contribution in [2.45, 2.75) is 12.8 Å². The zero-order chi connectivity index (χ0) is 12.4. The van der Waals surface area contributed by atoms with Crippen molar-refractivity contribution in [3.05, 3.63) is 65.2 Å². The van der Waals surface area contributed by atoms with Crippen molar-refractivity contribution in [3.8, 4) is 6.07 Å². The Labute approximate surface area is 105 Å². The summed E-state index contributed by atoms with van der Waals surface area (Å²) in [6.07, 6.45) is 7.65. The molecule has 0 N–H and O–H groups in total.